The largest absolute Gasteiger partial charge is 0.462 e. The first-order valence-electron chi connectivity index (χ1n) is 21.5. The summed E-state index contributed by atoms with van der Waals surface area (Å²) in [5.74, 6) is -3.57. The Bertz CT molecular complexity index is 1930. The second kappa shape index (κ2) is 20.1. The number of nitrogens with zero attached hydrogens (tertiary/aromatic N) is 1. The fraction of sp³-hybridized carbons (Fsp3) is 0.625. The third-order valence-corrected chi connectivity index (χ3v) is 15.4. The zero-order valence-corrected chi connectivity index (χ0v) is 41.5. The maximum atomic E-state index is 14.9. The van der Waals surface area contributed by atoms with E-state index in [-0.39, 0.29) is 11.6 Å². The van der Waals surface area contributed by atoms with Gasteiger partial charge in [-0.15, -0.1) is 0 Å². The smallest absolute Gasteiger partial charge is 0.311 e. The minimum Gasteiger partial charge on any atom is -0.462 e. The molecule has 1 aliphatic heterocycles. The van der Waals surface area contributed by atoms with Gasteiger partial charge in [0.25, 0.3) is 5.91 Å². The number of nitrogens with one attached hydrogen (secondary N) is 1. The summed E-state index contributed by atoms with van der Waals surface area (Å²) in [4.78, 5) is 84.7. The van der Waals surface area contributed by atoms with Crippen molar-refractivity contribution >= 4 is 50.2 Å². The molecule has 0 unspecified atom stereocenters. The molecule has 2 aromatic rings. The number of para-hydroxylation sites is 1. The number of carbonyl (C=O) groups excluding carboxylic acids is 6. The van der Waals surface area contributed by atoms with Crippen LogP contribution < -0.4 is 5.32 Å². The van der Waals surface area contributed by atoms with Crippen molar-refractivity contribution in [3.8, 4) is 0 Å². The van der Waals surface area contributed by atoms with Crippen LogP contribution in [0.5, 0.6) is 0 Å². The van der Waals surface area contributed by atoms with Crippen molar-refractivity contribution in [2.45, 2.75) is 165 Å². The highest BCUT2D eigenvalue weighted by Gasteiger charge is 2.57. The van der Waals surface area contributed by atoms with Crippen LogP contribution in [-0.4, -0.2) is 86.7 Å². The first-order valence-corrected chi connectivity index (χ1v) is 24.4. The van der Waals surface area contributed by atoms with Gasteiger partial charge in [0.1, 0.15) is 18.8 Å². The predicted octanol–water partition coefficient (Wildman–Crippen LogP) is 8.53. The normalized spacial score (nSPS) is 20.4. The van der Waals surface area contributed by atoms with E-state index in [4.69, 9.17) is 28.1 Å². The number of amides is 2. The van der Waals surface area contributed by atoms with Crippen LogP contribution >= 0.6 is 0 Å². The number of hydrogen-bond acceptors (Lipinski definition) is 12. The van der Waals surface area contributed by atoms with E-state index in [2.05, 4.69) is 39.2 Å². The summed E-state index contributed by atoms with van der Waals surface area (Å²) in [7, 11) is -2.22. The minimum atomic E-state index is -2.22. The number of ether oxygens (including phenoxy) is 5. The molecule has 63 heavy (non-hydrogen) atoms. The van der Waals surface area contributed by atoms with E-state index in [0.717, 1.165) is 4.90 Å². The van der Waals surface area contributed by atoms with E-state index >= 15 is 0 Å². The zero-order valence-electron chi connectivity index (χ0n) is 40.5. The summed E-state index contributed by atoms with van der Waals surface area (Å²) >= 11 is 0. The SMILES string of the molecule is CC(C)(C)C(=O)OC[C@H]1O[C@@H](N(C=O)[C@H](C(=O)Nc2ccccc2CO[Si](C)(C)C(C)(C)C)c2ccccc2)[C@H](OC(=O)C(C)(C)C)[C@@H](OC(=O)C(C)(C)C)[C@H]1OC(=O)C(C)(C)C. The van der Waals surface area contributed by atoms with Crippen LogP contribution in [0.15, 0.2) is 54.6 Å². The lowest BCUT2D eigenvalue weighted by Crippen LogP contribution is -2.67. The zero-order chi connectivity index (χ0) is 48.1. The van der Waals surface area contributed by atoms with Crippen molar-refractivity contribution in [3.05, 3.63) is 65.7 Å². The molecule has 0 aliphatic carbocycles. The van der Waals surface area contributed by atoms with Gasteiger partial charge >= 0.3 is 23.9 Å². The standard InChI is InChI=1S/C48H72N2O12Si/c1-44(2,3)40(53)57-28-33-35(60-41(54)45(4,5)6)36(61-42(55)46(7,8)9)37(62-43(56)47(10,11)12)39(59-33)50(29-51)34(30-23-19-18-20-24-30)38(52)49-32-26-22-21-25-31(32)27-58-63(16,17)48(13,14)15/h18-26,29,33-37,39H,27-28H2,1-17H3,(H,49,52)/t33-,34+,35+,36+,37-,39-/m1/s1. The molecular formula is C48H72N2O12Si. The van der Waals surface area contributed by atoms with Gasteiger partial charge in [-0.25, -0.2) is 0 Å². The van der Waals surface area contributed by atoms with Gasteiger partial charge in [-0.1, -0.05) is 69.3 Å². The highest BCUT2D eigenvalue weighted by atomic mass is 28.4. The van der Waals surface area contributed by atoms with Gasteiger partial charge in [0.2, 0.25) is 6.41 Å². The Labute approximate surface area is 375 Å². The highest BCUT2D eigenvalue weighted by molar-refractivity contribution is 6.74. The molecule has 1 heterocycles. The summed E-state index contributed by atoms with van der Waals surface area (Å²) in [5.41, 5.74) is -2.84. The fourth-order valence-electron chi connectivity index (χ4n) is 5.75. The lowest BCUT2D eigenvalue weighted by molar-refractivity contribution is -0.282. The number of rotatable bonds is 14. The molecule has 15 heteroatoms. The second-order valence-electron chi connectivity index (χ2n) is 21.8. The number of hydrogen-bond donors (Lipinski definition) is 1. The van der Waals surface area contributed by atoms with Crippen LogP contribution in [0.25, 0.3) is 0 Å². The molecule has 2 amide bonds. The van der Waals surface area contributed by atoms with Crippen molar-refractivity contribution in [2.24, 2.45) is 21.7 Å². The third kappa shape index (κ3) is 13.9. The van der Waals surface area contributed by atoms with Crippen LogP contribution in [-0.2, 0) is 63.5 Å². The number of carbonyl (C=O) groups is 6. The van der Waals surface area contributed by atoms with E-state index in [9.17, 15) is 28.8 Å². The monoisotopic (exact) mass is 896 g/mol. The lowest BCUT2D eigenvalue weighted by atomic mass is 9.91. The maximum Gasteiger partial charge on any atom is 0.311 e. The maximum absolute atomic E-state index is 14.9. The Morgan fingerprint density at radius 2 is 1.13 bits per heavy atom. The topological polar surface area (TPSA) is 173 Å². The Hall–Kier alpha value is -4.60. The van der Waals surface area contributed by atoms with Gasteiger partial charge in [0.15, 0.2) is 32.9 Å². The van der Waals surface area contributed by atoms with E-state index in [1.165, 1.54) is 0 Å². The third-order valence-electron chi connectivity index (χ3n) is 10.9. The van der Waals surface area contributed by atoms with E-state index in [1.54, 1.807) is 126 Å². The summed E-state index contributed by atoms with van der Waals surface area (Å²) in [5, 5.41) is 2.93. The van der Waals surface area contributed by atoms with Crippen LogP contribution in [0.2, 0.25) is 18.1 Å². The number of benzene rings is 2. The first kappa shape index (κ1) is 52.7. The molecule has 1 fully saturated rings. The van der Waals surface area contributed by atoms with Crippen molar-refractivity contribution in [2.75, 3.05) is 11.9 Å². The molecule has 350 valence electrons. The van der Waals surface area contributed by atoms with E-state index in [0.29, 0.717) is 23.2 Å². The van der Waals surface area contributed by atoms with Crippen LogP contribution in [0.3, 0.4) is 0 Å². The number of anilines is 1. The summed E-state index contributed by atoms with van der Waals surface area (Å²) in [6.07, 6.45) is -7.65. The van der Waals surface area contributed by atoms with Gasteiger partial charge in [0.05, 0.1) is 28.3 Å². The molecule has 1 N–H and O–H groups in total. The lowest BCUT2D eigenvalue weighted by Gasteiger charge is -2.49. The van der Waals surface area contributed by atoms with Crippen molar-refractivity contribution in [1.82, 2.24) is 4.90 Å². The number of esters is 4. The Morgan fingerprint density at radius 1 is 0.667 bits per heavy atom. The van der Waals surface area contributed by atoms with Crippen molar-refractivity contribution < 1.29 is 56.9 Å². The van der Waals surface area contributed by atoms with Crippen molar-refractivity contribution in [3.63, 3.8) is 0 Å². The minimum absolute atomic E-state index is 0.0763. The highest BCUT2D eigenvalue weighted by Crippen LogP contribution is 2.39. The Balaban J connectivity index is 2.33. The van der Waals surface area contributed by atoms with E-state index in [1.807, 2.05) is 12.1 Å². The summed E-state index contributed by atoms with van der Waals surface area (Å²) < 4.78 is 37.5. The fourth-order valence-corrected chi connectivity index (χ4v) is 6.70. The van der Waals surface area contributed by atoms with Crippen LogP contribution in [0.4, 0.5) is 5.69 Å². The van der Waals surface area contributed by atoms with Gasteiger partial charge in [-0.05, 0) is 118 Å². The van der Waals surface area contributed by atoms with Gasteiger partial charge in [-0.3, -0.25) is 33.7 Å². The summed E-state index contributed by atoms with van der Waals surface area (Å²) in [6, 6.07) is 14.2. The Morgan fingerprint density at radius 3 is 1.60 bits per heavy atom. The molecule has 0 radical (unpaired) electrons. The molecule has 0 bridgehead atoms. The molecule has 2 aromatic carbocycles. The van der Waals surface area contributed by atoms with Crippen LogP contribution in [0, 0.1) is 21.7 Å². The molecule has 1 aliphatic rings. The average Bonchev–Trinajstić information content (AvgIpc) is 3.15. The van der Waals surface area contributed by atoms with E-state index < -0.39 is 103 Å². The average molecular weight is 897 g/mol. The van der Waals surface area contributed by atoms with Gasteiger partial charge in [-0.2, -0.15) is 0 Å². The van der Waals surface area contributed by atoms with Crippen molar-refractivity contribution in [1.29, 1.82) is 0 Å². The molecule has 0 saturated carbocycles. The molecular weight excluding hydrogens is 825 g/mol. The molecule has 14 nitrogen and oxygen atoms in total. The molecule has 1 saturated heterocycles. The second-order valence-corrected chi connectivity index (χ2v) is 26.6. The molecule has 3 rings (SSSR count). The summed E-state index contributed by atoms with van der Waals surface area (Å²) in [6.45, 7) is 29.8. The van der Waals surface area contributed by atoms with Crippen LogP contribution in [0.1, 0.15) is 121 Å². The van der Waals surface area contributed by atoms with Gasteiger partial charge in [0, 0.05) is 5.69 Å². The molecule has 0 aromatic heterocycles. The first-order chi connectivity index (χ1) is 28.7. The Kier molecular flexibility index (Phi) is 16.8. The predicted molar refractivity (Wildman–Crippen MR) is 241 cm³/mol. The molecule has 6 atom stereocenters. The van der Waals surface area contributed by atoms with Gasteiger partial charge < -0.3 is 33.4 Å². The quantitative estimate of drug-likeness (QED) is 0.0830. The molecule has 0 spiro atoms.